The van der Waals surface area contributed by atoms with Crippen molar-refractivity contribution in [3.05, 3.63) is 176 Å². The Bertz CT molecular complexity index is 2850. The third-order valence-corrected chi connectivity index (χ3v) is 9.63. The molecule has 0 saturated heterocycles. The van der Waals surface area contributed by atoms with Crippen LogP contribution in [0.15, 0.2) is 180 Å². The number of rotatable bonds is 5. The highest BCUT2D eigenvalue weighted by Crippen LogP contribution is 2.37. The second-order valence-electron chi connectivity index (χ2n) is 12.6. The zero-order valence-electron chi connectivity index (χ0n) is 27.0. The lowest BCUT2D eigenvalue weighted by Gasteiger charge is -2.11. The van der Waals surface area contributed by atoms with Crippen molar-refractivity contribution in [1.29, 1.82) is 0 Å². The predicted molar refractivity (Wildman–Crippen MR) is 205 cm³/mol. The van der Waals surface area contributed by atoms with Crippen molar-refractivity contribution >= 4 is 43.7 Å². The summed E-state index contributed by atoms with van der Waals surface area (Å²) in [6.07, 6.45) is 0. The summed E-state index contributed by atoms with van der Waals surface area (Å²) in [6.45, 7) is 0. The molecule has 10 aromatic rings. The quantitative estimate of drug-likeness (QED) is 0.188. The van der Waals surface area contributed by atoms with Gasteiger partial charge in [-0.05, 0) is 53.6 Å². The zero-order chi connectivity index (χ0) is 33.0. The van der Waals surface area contributed by atoms with Gasteiger partial charge in [0.05, 0.1) is 22.4 Å². The fourth-order valence-electron chi connectivity index (χ4n) is 7.19. The molecule has 0 radical (unpaired) electrons. The largest absolute Gasteiger partial charge is 0.456 e. The maximum absolute atomic E-state index is 6.18. The van der Waals surface area contributed by atoms with Crippen molar-refractivity contribution in [3.63, 3.8) is 0 Å². The zero-order valence-corrected chi connectivity index (χ0v) is 27.0. The maximum Gasteiger partial charge on any atom is 0.160 e. The lowest BCUT2D eigenvalue weighted by Crippen LogP contribution is -1.97. The third-order valence-electron chi connectivity index (χ3n) is 9.63. The Labute approximate surface area is 288 Å². The number of hydrogen-bond donors (Lipinski definition) is 0. The van der Waals surface area contributed by atoms with E-state index in [0.29, 0.717) is 5.82 Å². The average molecular weight is 640 g/mol. The van der Waals surface area contributed by atoms with E-state index >= 15 is 0 Å². The minimum absolute atomic E-state index is 0.684. The third kappa shape index (κ3) is 4.69. The van der Waals surface area contributed by atoms with E-state index in [9.17, 15) is 0 Å². The summed E-state index contributed by atoms with van der Waals surface area (Å²) in [5, 5.41) is 4.59. The second-order valence-corrected chi connectivity index (χ2v) is 12.6. The van der Waals surface area contributed by atoms with Crippen LogP contribution in [0.5, 0.6) is 0 Å². The molecule has 0 saturated carbocycles. The van der Waals surface area contributed by atoms with Crippen LogP contribution in [0.2, 0.25) is 0 Å². The van der Waals surface area contributed by atoms with Crippen LogP contribution in [0.25, 0.3) is 94.5 Å². The fourth-order valence-corrected chi connectivity index (χ4v) is 7.19. The molecule has 234 valence electrons. The number of hydrogen-bond acceptors (Lipinski definition) is 3. The Morgan fingerprint density at radius 3 is 1.70 bits per heavy atom. The molecular weight excluding hydrogens is 611 g/mol. The SMILES string of the molecule is c1ccc(-c2ccc(-c3cc(-c4ccccc4)nc(-c4ccc5c6ccccc6n(-c6ccc7oc8ccccc8c7c6)c5c4)n3)cc2)cc1. The topological polar surface area (TPSA) is 43.9 Å². The van der Waals surface area contributed by atoms with Crippen molar-refractivity contribution in [2.45, 2.75) is 0 Å². The highest BCUT2D eigenvalue weighted by atomic mass is 16.3. The van der Waals surface area contributed by atoms with Crippen LogP contribution in [-0.2, 0) is 0 Å². The molecule has 0 aliphatic rings. The molecule has 0 aliphatic carbocycles. The van der Waals surface area contributed by atoms with Crippen LogP contribution in [0.3, 0.4) is 0 Å². The number of aromatic nitrogens is 3. The monoisotopic (exact) mass is 639 g/mol. The van der Waals surface area contributed by atoms with Gasteiger partial charge >= 0.3 is 0 Å². The van der Waals surface area contributed by atoms with Gasteiger partial charge in [-0.1, -0.05) is 133 Å². The van der Waals surface area contributed by atoms with Crippen molar-refractivity contribution in [2.24, 2.45) is 0 Å². The molecule has 0 bridgehead atoms. The molecule has 4 heteroatoms. The van der Waals surface area contributed by atoms with Crippen LogP contribution in [0.4, 0.5) is 0 Å². The van der Waals surface area contributed by atoms with Crippen molar-refractivity contribution in [1.82, 2.24) is 14.5 Å². The standard InChI is InChI=1S/C46H29N3O/c1-3-11-30(12-4-1)31-19-21-33(22-20-31)41-29-40(32-13-5-2-6-14-32)47-46(48-41)34-23-25-37-36-15-7-9-17-42(36)49(43(37)27-34)35-24-26-45-39(28-35)38-16-8-10-18-44(38)50-45/h1-29H. The van der Waals surface area contributed by atoms with Crippen LogP contribution in [-0.4, -0.2) is 14.5 Å². The Kier molecular flexibility index (Phi) is 6.46. The minimum Gasteiger partial charge on any atom is -0.456 e. The van der Waals surface area contributed by atoms with Crippen LogP contribution < -0.4 is 0 Å². The summed E-state index contributed by atoms with van der Waals surface area (Å²) in [5.41, 5.74) is 12.3. The predicted octanol–water partition coefficient (Wildman–Crippen LogP) is 12.1. The van der Waals surface area contributed by atoms with E-state index in [2.05, 4.69) is 156 Å². The van der Waals surface area contributed by atoms with Gasteiger partial charge in [0.2, 0.25) is 0 Å². The molecule has 0 atom stereocenters. The molecule has 0 fully saturated rings. The first kappa shape index (κ1) is 28.3. The average Bonchev–Trinajstić information content (AvgIpc) is 3.73. The molecular formula is C46H29N3O. The first-order chi connectivity index (χ1) is 24.8. The normalized spacial score (nSPS) is 11.6. The molecule has 7 aromatic carbocycles. The lowest BCUT2D eigenvalue weighted by molar-refractivity contribution is 0.669. The number of benzene rings is 7. The molecule has 0 amide bonds. The van der Waals surface area contributed by atoms with Gasteiger partial charge in [0, 0.05) is 43.9 Å². The molecule has 3 aromatic heterocycles. The van der Waals surface area contributed by atoms with Gasteiger partial charge in [-0.15, -0.1) is 0 Å². The smallest absolute Gasteiger partial charge is 0.160 e. The highest BCUT2D eigenvalue weighted by molar-refractivity contribution is 6.11. The van der Waals surface area contributed by atoms with Crippen LogP contribution >= 0.6 is 0 Å². The maximum atomic E-state index is 6.18. The lowest BCUT2D eigenvalue weighted by atomic mass is 10.0. The number of nitrogens with zero attached hydrogens (tertiary/aromatic N) is 3. The van der Waals surface area contributed by atoms with Gasteiger partial charge in [-0.3, -0.25) is 0 Å². The van der Waals surface area contributed by atoms with E-state index in [0.717, 1.165) is 66.7 Å². The van der Waals surface area contributed by atoms with E-state index in [1.807, 2.05) is 24.3 Å². The van der Waals surface area contributed by atoms with Gasteiger partial charge in [0.25, 0.3) is 0 Å². The van der Waals surface area contributed by atoms with Gasteiger partial charge < -0.3 is 8.98 Å². The summed E-state index contributed by atoms with van der Waals surface area (Å²) < 4.78 is 8.52. The molecule has 0 spiro atoms. The van der Waals surface area contributed by atoms with Gasteiger partial charge in [-0.25, -0.2) is 9.97 Å². The molecule has 0 unspecified atom stereocenters. The van der Waals surface area contributed by atoms with Crippen molar-refractivity contribution in [2.75, 3.05) is 0 Å². The number of para-hydroxylation sites is 2. The van der Waals surface area contributed by atoms with Gasteiger partial charge in [0.1, 0.15) is 11.2 Å². The van der Waals surface area contributed by atoms with E-state index < -0.39 is 0 Å². The van der Waals surface area contributed by atoms with Gasteiger partial charge in [0.15, 0.2) is 5.82 Å². The van der Waals surface area contributed by atoms with Crippen LogP contribution in [0.1, 0.15) is 0 Å². The van der Waals surface area contributed by atoms with E-state index in [1.54, 1.807) is 0 Å². The van der Waals surface area contributed by atoms with E-state index in [-0.39, 0.29) is 0 Å². The minimum atomic E-state index is 0.684. The Morgan fingerprint density at radius 1 is 0.360 bits per heavy atom. The first-order valence-corrected chi connectivity index (χ1v) is 16.8. The molecule has 4 nitrogen and oxygen atoms in total. The van der Waals surface area contributed by atoms with Crippen molar-refractivity contribution < 1.29 is 4.42 Å². The molecule has 0 aliphatic heterocycles. The fraction of sp³-hybridized carbons (Fsp3) is 0. The van der Waals surface area contributed by atoms with Crippen LogP contribution in [0, 0.1) is 0 Å². The summed E-state index contributed by atoms with van der Waals surface area (Å²) >= 11 is 0. The Balaban J connectivity index is 1.16. The molecule has 0 N–H and O–H groups in total. The summed E-state index contributed by atoms with van der Waals surface area (Å²) in [4.78, 5) is 10.4. The van der Waals surface area contributed by atoms with E-state index in [1.165, 1.54) is 21.9 Å². The molecule has 3 heterocycles. The summed E-state index contributed by atoms with van der Waals surface area (Å²) in [5.74, 6) is 0.684. The second kappa shape index (κ2) is 11.4. The first-order valence-electron chi connectivity index (χ1n) is 16.8. The van der Waals surface area contributed by atoms with Gasteiger partial charge in [-0.2, -0.15) is 0 Å². The summed E-state index contributed by atoms with van der Waals surface area (Å²) in [6, 6.07) is 61.4. The van der Waals surface area contributed by atoms with Crippen molar-refractivity contribution in [3.8, 4) is 50.7 Å². The Morgan fingerprint density at radius 2 is 0.920 bits per heavy atom. The number of furan rings is 1. The molecule has 50 heavy (non-hydrogen) atoms. The number of fused-ring (bicyclic) bond motifs is 6. The van der Waals surface area contributed by atoms with E-state index in [4.69, 9.17) is 14.4 Å². The summed E-state index contributed by atoms with van der Waals surface area (Å²) in [7, 11) is 0. The highest BCUT2D eigenvalue weighted by Gasteiger charge is 2.17. The Hall–Kier alpha value is -6.78. The molecule has 10 rings (SSSR count).